The number of nitrogens with one attached hydrogen (secondary N) is 2. The van der Waals surface area contributed by atoms with Crippen LogP contribution in [0.15, 0.2) is 41.7 Å². The van der Waals surface area contributed by atoms with Gasteiger partial charge in [0.1, 0.15) is 11.6 Å². The number of halogens is 1. The summed E-state index contributed by atoms with van der Waals surface area (Å²) in [6, 6.07) is 6.43. The molecule has 2 aromatic rings. The highest BCUT2D eigenvalue weighted by Crippen LogP contribution is 2.41. The topological polar surface area (TPSA) is 67.0 Å². The van der Waals surface area contributed by atoms with Crippen LogP contribution in [-0.4, -0.2) is 22.8 Å². The Balaban J connectivity index is 2.18. The third-order valence-electron chi connectivity index (χ3n) is 3.70. The summed E-state index contributed by atoms with van der Waals surface area (Å²) in [5.74, 6) is -0.696. The second-order valence-corrected chi connectivity index (χ2v) is 5.04. The highest BCUT2D eigenvalue weighted by Gasteiger charge is 2.35. The molecule has 0 saturated heterocycles. The van der Waals surface area contributed by atoms with Crippen molar-refractivity contribution in [1.82, 2.24) is 10.2 Å². The molecule has 0 saturated carbocycles. The molecule has 1 aliphatic heterocycles. The highest BCUT2D eigenvalue weighted by molar-refractivity contribution is 5.94. The average Bonchev–Trinajstić information content (AvgIpc) is 2.94. The van der Waals surface area contributed by atoms with Crippen LogP contribution < -0.4 is 5.32 Å². The summed E-state index contributed by atoms with van der Waals surface area (Å²) in [6.45, 7) is 3.77. The minimum absolute atomic E-state index is 0.262. The number of nitrogens with zero attached hydrogens (tertiary/aromatic N) is 1. The van der Waals surface area contributed by atoms with Crippen LogP contribution in [0.2, 0.25) is 0 Å². The minimum atomic E-state index is -0.546. The van der Waals surface area contributed by atoms with E-state index < -0.39 is 11.9 Å². The first-order valence-electron chi connectivity index (χ1n) is 7.06. The first-order valence-corrected chi connectivity index (χ1v) is 7.06. The third kappa shape index (κ3) is 2.26. The summed E-state index contributed by atoms with van der Waals surface area (Å²) in [7, 11) is 0. The zero-order chi connectivity index (χ0) is 15.7. The van der Waals surface area contributed by atoms with Crippen LogP contribution in [-0.2, 0) is 9.53 Å². The molecule has 2 N–H and O–H groups in total. The van der Waals surface area contributed by atoms with E-state index in [-0.39, 0.29) is 12.4 Å². The van der Waals surface area contributed by atoms with Gasteiger partial charge in [0.2, 0.25) is 0 Å². The SMILES string of the molecule is CCOC(=O)C1=C(C)Nc2[nH]ncc2C1c1ccccc1F. The molecule has 6 heteroatoms. The van der Waals surface area contributed by atoms with Crippen LogP contribution in [0.3, 0.4) is 0 Å². The molecule has 0 bridgehead atoms. The number of ether oxygens (including phenoxy) is 1. The molecular formula is C16H16FN3O2. The molecule has 3 rings (SSSR count). The summed E-state index contributed by atoms with van der Waals surface area (Å²) >= 11 is 0. The number of anilines is 1. The molecule has 1 atom stereocenters. The quantitative estimate of drug-likeness (QED) is 0.855. The van der Waals surface area contributed by atoms with Crippen LogP contribution in [0, 0.1) is 5.82 Å². The molecule has 0 spiro atoms. The first-order chi connectivity index (χ1) is 10.6. The number of carbonyl (C=O) groups excluding carboxylic acids is 1. The summed E-state index contributed by atoms with van der Waals surface area (Å²) in [5, 5.41) is 9.91. The number of hydrogen-bond acceptors (Lipinski definition) is 4. The zero-order valence-corrected chi connectivity index (χ0v) is 12.3. The monoisotopic (exact) mass is 301 g/mol. The Morgan fingerprint density at radius 1 is 1.36 bits per heavy atom. The van der Waals surface area contributed by atoms with Crippen LogP contribution in [0.25, 0.3) is 0 Å². The van der Waals surface area contributed by atoms with E-state index in [1.165, 1.54) is 6.07 Å². The lowest BCUT2D eigenvalue weighted by atomic mass is 9.82. The van der Waals surface area contributed by atoms with Crippen LogP contribution >= 0.6 is 0 Å². The second kappa shape index (κ2) is 5.63. The van der Waals surface area contributed by atoms with Gasteiger partial charge < -0.3 is 10.1 Å². The number of allylic oxidation sites excluding steroid dienone is 1. The summed E-state index contributed by atoms with van der Waals surface area (Å²) in [4.78, 5) is 12.4. The number of benzene rings is 1. The van der Waals surface area contributed by atoms with Gasteiger partial charge in [0.05, 0.1) is 24.3 Å². The molecule has 0 aliphatic carbocycles. The number of esters is 1. The fourth-order valence-corrected chi connectivity index (χ4v) is 2.75. The Morgan fingerprint density at radius 3 is 2.86 bits per heavy atom. The number of carbonyl (C=O) groups is 1. The van der Waals surface area contributed by atoms with Gasteiger partial charge in [0, 0.05) is 16.8 Å². The normalized spacial score (nSPS) is 17.0. The minimum Gasteiger partial charge on any atom is -0.463 e. The van der Waals surface area contributed by atoms with Crippen LogP contribution in [0.1, 0.15) is 30.9 Å². The Morgan fingerprint density at radius 2 is 2.14 bits per heavy atom. The largest absolute Gasteiger partial charge is 0.463 e. The molecule has 114 valence electrons. The maximum absolute atomic E-state index is 14.3. The van der Waals surface area contributed by atoms with Gasteiger partial charge in [-0.3, -0.25) is 5.10 Å². The van der Waals surface area contributed by atoms with Gasteiger partial charge in [-0.25, -0.2) is 9.18 Å². The van der Waals surface area contributed by atoms with Crippen molar-refractivity contribution < 1.29 is 13.9 Å². The number of aromatic amines is 1. The lowest BCUT2D eigenvalue weighted by molar-refractivity contribution is -0.138. The first kappa shape index (κ1) is 14.3. The fourth-order valence-electron chi connectivity index (χ4n) is 2.75. The summed E-state index contributed by atoms with van der Waals surface area (Å²) < 4.78 is 19.4. The van der Waals surface area contributed by atoms with Gasteiger partial charge in [-0.15, -0.1) is 0 Å². The lowest BCUT2D eigenvalue weighted by Crippen LogP contribution is -2.24. The van der Waals surface area contributed by atoms with Crippen molar-refractivity contribution in [2.45, 2.75) is 19.8 Å². The van der Waals surface area contributed by atoms with E-state index in [0.29, 0.717) is 22.7 Å². The molecule has 0 radical (unpaired) electrons. The van der Waals surface area contributed by atoms with Crippen molar-refractivity contribution in [2.75, 3.05) is 11.9 Å². The fraction of sp³-hybridized carbons (Fsp3) is 0.250. The Kier molecular flexibility index (Phi) is 3.66. The number of H-pyrrole nitrogens is 1. The highest BCUT2D eigenvalue weighted by atomic mass is 19.1. The smallest absolute Gasteiger partial charge is 0.336 e. The number of rotatable bonds is 3. The van der Waals surface area contributed by atoms with E-state index in [4.69, 9.17) is 4.74 Å². The maximum Gasteiger partial charge on any atom is 0.336 e. The zero-order valence-electron chi connectivity index (χ0n) is 12.3. The number of fused-ring (bicyclic) bond motifs is 1. The van der Waals surface area contributed by atoms with Crippen molar-refractivity contribution in [3.05, 3.63) is 58.7 Å². The predicted octanol–water partition coefficient (Wildman–Crippen LogP) is 2.94. The van der Waals surface area contributed by atoms with E-state index in [0.717, 1.165) is 5.56 Å². The summed E-state index contributed by atoms with van der Waals surface area (Å²) in [5.41, 5.74) is 2.18. The number of hydrogen-bond donors (Lipinski definition) is 2. The molecule has 0 amide bonds. The van der Waals surface area contributed by atoms with Crippen molar-refractivity contribution in [2.24, 2.45) is 0 Å². The van der Waals surface area contributed by atoms with Crippen molar-refractivity contribution in [3.8, 4) is 0 Å². The molecule has 1 aromatic heterocycles. The van der Waals surface area contributed by atoms with E-state index in [1.807, 2.05) is 0 Å². The molecule has 5 nitrogen and oxygen atoms in total. The molecule has 0 fully saturated rings. The van der Waals surface area contributed by atoms with Gasteiger partial charge in [0.15, 0.2) is 0 Å². The molecule has 1 aromatic carbocycles. The van der Waals surface area contributed by atoms with E-state index in [2.05, 4.69) is 15.5 Å². The Hall–Kier alpha value is -2.63. The van der Waals surface area contributed by atoms with Gasteiger partial charge in [0.25, 0.3) is 0 Å². The average molecular weight is 301 g/mol. The van der Waals surface area contributed by atoms with Gasteiger partial charge in [-0.05, 0) is 19.9 Å². The molecular weight excluding hydrogens is 285 g/mol. The molecule has 22 heavy (non-hydrogen) atoms. The standard InChI is InChI=1S/C16H16FN3O2/c1-3-22-16(21)13-9(2)19-15-11(8-18-20-15)14(13)10-6-4-5-7-12(10)17/h4-8,14H,3H2,1-2H3,(H2,18,19,20). The van der Waals surface area contributed by atoms with Gasteiger partial charge >= 0.3 is 5.97 Å². The van der Waals surface area contributed by atoms with Crippen LogP contribution in [0.4, 0.5) is 10.2 Å². The molecule has 1 unspecified atom stereocenters. The predicted molar refractivity (Wildman–Crippen MR) is 79.8 cm³/mol. The second-order valence-electron chi connectivity index (χ2n) is 5.04. The van der Waals surface area contributed by atoms with Crippen molar-refractivity contribution >= 4 is 11.8 Å². The van der Waals surface area contributed by atoms with Crippen molar-refractivity contribution in [3.63, 3.8) is 0 Å². The lowest BCUT2D eigenvalue weighted by Gasteiger charge is -2.27. The molecule has 2 heterocycles. The van der Waals surface area contributed by atoms with E-state index in [1.54, 1.807) is 38.2 Å². The van der Waals surface area contributed by atoms with E-state index in [9.17, 15) is 9.18 Å². The maximum atomic E-state index is 14.3. The third-order valence-corrected chi connectivity index (χ3v) is 3.70. The Bertz CT molecular complexity index is 751. The molecule has 1 aliphatic rings. The van der Waals surface area contributed by atoms with E-state index >= 15 is 0 Å². The summed E-state index contributed by atoms with van der Waals surface area (Å²) in [6.07, 6.45) is 1.60. The van der Waals surface area contributed by atoms with Crippen molar-refractivity contribution in [1.29, 1.82) is 0 Å². The Labute approximate surface area is 127 Å². The number of aromatic nitrogens is 2. The van der Waals surface area contributed by atoms with Crippen LogP contribution in [0.5, 0.6) is 0 Å². The van der Waals surface area contributed by atoms with Gasteiger partial charge in [-0.1, -0.05) is 18.2 Å². The van der Waals surface area contributed by atoms with Gasteiger partial charge in [-0.2, -0.15) is 5.10 Å².